The van der Waals surface area contributed by atoms with Gasteiger partial charge < -0.3 is 5.32 Å². The number of hydrogen-bond acceptors (Lipinski definition) is 3. The van der Waals surface area contributed by atoms with Crippen LogP contribution in [0, 0.1) is 11.8 Å². The van der Waals surface area contributed by atoms with Crippen molar-refractivity contribution < 1.29 is 0 Å². The smallest absolute Gasteiger partial charge is 0.0931 e. The lowest BCUT2D eigenvalue weighted by molar-refractivity contribution is 0.228. The van der Waals surface area contributed by atoms with Crippen LogP contribution in [0.2, 0.25) is 0 Å². The van der Waals surface area contributed by atoms with Crippen LogP contribution >= 0.6 is 11.3 Å². The van der Waals surface area contributed by atoms with Crippen molar-refractivity contribution in [1.29, 1.82) is 0 Å². The molecule has 21 heavy (non-hydrogen) atoms. The number of aromatic nitrogens is 1. The molecule has 2 unspecified atom stereocenters. The van der Waals surface area contributed by atoms with Gasteiger partial charge >= 0.3 is 0 Å². The van der Waals surface area contributed by atoms with Crippen LogP contribution in [-0.2, 0) is 11.8 Å². The summed E-state index contributed by atoms with van der Waals surface area (Å²) in [6.07, 6.45) is 8.05. The summed E-state index contributed by atoms with van der Waals surface area (Å²) in [5.74, 6) is 1.69. The van der Waals surface area contributed by atoms with Gasteiger partial charge in [-0.2, -0.15) is 0 Å². The molecule has 0 aromatic carbocycles. The number of rotatable bonds is 6. The lowest BCUT2D eigenvalue weighted by Gasteiger charge is -2.31. The van der Waals surface area contributed by atoms with Gasteiger partial charge in [-0.05, 0) is 44.2 Å². The fraction of sp³-hybridized carbons (Fsp3) is 0.833. The normalized spacial score (nSPS) is 23.4. The van der Waals surface area contributed by atoms with Gasteiger partial charge in [-0.1, -0.05) is 40.5 Å². The van der Waals surface area contributed by atoms with E-state index in [2.05, 4.69) is 38.4 Å². The Kier molecular flexibility index (Phi) is 6.24. The molecule has 2 nitrogen and oxygen atoms in total. The summed E-state index contributed by atoms with van der Waals surface area (Å²) < 4.78 is 0. The third-order valence-electron chi connectivity index (χ3n) is 4.66. The molecule has 1 heterocycles. The molecule has 120 valence electrons. The molecule has 3 heteroatoms. The van der Waals surface area contributed by atoms with Crippen LogP contribution in [0.1, 0.15) is 70.5 Å². The molecule has 1 fully saturated rings. The predicted octanol–water partition coefficient (Wildman–Crippen LogP) is 4.79. The van der Waals surface area contributed by atoms with Gasteiger partial charge in [0.05, 0.1) is 10.7 Å². The van der Waals surface area contributed by atoms with Gasteiger partial charge in [-0.3, -0.25) is 0 Å². The molecule has 1 saturated carbocycles. The second-order valence-corrected chi connectivity index (χ2v) is 8.53. The van der Waals surface area contributed by atoms with Crippen LogP contribution < -0.4 is 5.32 Å². The fourth-order valence-electron chi connectivity index (χ4n) is 3.26. The van der Waals surface area contributed by atoms with Crippen LogP contribution in [0.15, 0.2) is 5.38 Å². The van der Waals surface area contributed by atoms with Crippen molar-refractivity contribution in [3.63, 3.8) is 0 Å². The summed E-state index contributed by atoms with van der Waals surface area (Å²) in [4.78, 5) is 4.90. The lowest BCUT2D eigenvalue weighted by Crippen LogP contribution is -2.32. The van der Waals surface area contributed by atoms with E-state index in [4.69, 9.17) is 4.98 Å². The highest BCUT2D eigenvalue weighted by atomic mass is 32.1. The maximum absolute atomic E-state index is 4.90. The van der Waals surface area contributed by atoms with E-state index in [-0.39, 0.29) is 5.41 Å². The highest BCUT2D eigenvalue weighted by Crippen LogP contribution is 2.34. The number of hydrogen-bond donors (Lipinski definition) is 1. The van der Waals surface area contributed by atoms with Crippen LogP contribution in [0.25, 0.3) is 0 Å². The molecule has 0 spiro atoms. The van der Waals surface area contributed by atoms with E-state index in [1.807, 2.05) is 11.3 Å². The molecule has 1 N–H and O–H groups in total. The summed E-state index contributed by atoms with van der Waals surface area (Å²) in [6.45, 7) is 11.4. The van der Waals surface area contributed by atoms with Crippen molar-refractivity contribution in [3.05, 3.63) is 16.1 Å². The van der Waals surface area contributed by atoms with Crippen molar-refractivity contribution >= 4 is 11.3 Å². The van der Waals surface area contributed by atoms with E-state index in [9.17, 15) is 0 Å². The van der Waals surface area contributed by atoms with E-state index in [0.29, 0.717) is 0 Å². The van der Waals surface area contributed by atoms with Crippen molar-refractivity contribution in [2.24, 2.45) is 11.8 Å². The van der Waals surface area contributed by atoms with Gasteiger partial charge in [-0.25, -0.2) is 4.98 Å². The van der Waals surface area contributed by atoms with Crippen LogP contribution in [0.5, 0.6) is 0 Å². The first-order chi connectivity index (χ1) is 10.0. The Bertz CT molecular complexity index is 419. The molecule has 1 aromatic heterocycles. The zero-order chi connectivity index (χ0) is 15.3. The van der Waals surface area contributed by atoms with E-state index in [0.717, 1.165) is 18.4 Å². The zero-order valence-corrected chi connectivity index (χ0v) is 15.1. The maximum atomic E-state index is 4.90. The second kappa shape index (κ2) is 7.73. The molecule has 0 bridgehead atoms. The molecule has 2 rings (SSSR count). The summed E-state index contributed by atoms with van der Waals surface area (Å²) >= 11 is 1.87. The summed E-state index contributed by atoms with van der Waals surface area (Å²) in [5, 5.41) is 7.25. The van der Waals surface area contributed by atoms with Gasteiger partial charge in [-0.15, -0.1) is 11.3 Å². The molecule has 1 aliphatic rings. The Hall–Kier alpha value is -0.410. The SMILES string of the molecule is CCCNCC1CCCCC1Cc1nc(C(C)(C)C)cs1. The molecule has 1 aromatic rings. The summed E-state index contributed by atoms with van der Waals surface area (Å²) in [6, 6.07) is 0. The van der Waals surface area contributed by atoms with E-state index < -0.39 is 0 Å². The first-order valence-electron chi connectivity index (χ1n) is 8.66. The topological polar surface area (TPSA) is 24.9 Å². The quantitative estimate of drug-likeness (QED) is 0.764. The predicted molar refractivity (Wildman–Crippen MR) is 93.1 cm³/mol. The van der Waals surface area contributed by atoms with E-state index >= 15 is 0 Å². The number of nitrogens with zero attached hydrogens (tertiary/aromatic N) is 1. The Morgan fingerprint density at radius 2 is 1.95 bits per heavy atom. The molecule has 0 aliphatic heterocycles. The molecular formula is C18H32N2S. The standard InChI is InChI=1S/C18H32N2S/c1-5-10-19-12-15-9-7-6-8-14(15)11-17-20-16(13-21-17)18(2,3)4/h13-15,19H,5-12H2,1-4H3. The van der Waals surface area contributed by atoms with Crippen molar-refractivity contribution in [2.75, 3.05) is 13.1 Å². The Labute approximate surface area is 134 Å². The number of nitrogens with one attached hydrogen (secondary N) is 1. The minimum Gasteiger partial charge on any atom is -0.316 e. The minimum absolute atomic E-state index is 0.184. The Morgan fingerprint density at radius 3 is 2.57 bits per heavy atom. The Morgan fingerprint density at radius 1 is 1.24 bits per heavy atom. The fourth-order valence-corrected chi connectivity index (χ4v) is 4.37. The van der Waals surface area contributed by atoms with Gasteiger partial charge in [0.1, 0.15) is 0 Å². The first-order valence-corrected chi connectivity index (χ1v) is 9.54. The largest absolute Gasteiger partial charge is 0.316 e. The van der Waals surface area contributed by atoms with Gasteiger partial charge in [0.2, 0.25) is 0 Å². The van der Waals surface area contributed by atoms with Crippen LogP contribution in [0.3, 0.4) is 0 Å². The van der Waals surface area contributed by atoms with E-state index in [1.54, 1.807) is 0 Å². The average molecular weight is 309 g/mol. The molecule has 0 radical (unpaired) electrons. The maximum Gasteiger partial charge on any atom is 0.0931 e. The first kappa shape index (κ1) is 17.0. The third-order valence-corrected chi connectivity index (χ3v) is 5.53. The van der Waals surface area contributed by atoms with Crippen molar-refractivity contribution in [2.45, 2.75) is 71.6 Å². The third kappa shape index (κ3) is 5.07. The van der Waals surface area contributed by atoms with E-state index in [1.165, 1.54) is 55.8 Å². The summed E-state index contributed by atoms with van der Waals surface area (Å²) in [7, 11) is 0. The molecular weight excluding hydrogens is 276 g/mol. The second-order valence-electron chi connectivity index (χ2n) is 7.59. The Balaban J connectivity index is 1.93. The molecule has 2 atom stereocenters. The highest BCUT2D eigenvalue weighted by molar-refractivity contribution is 7.09. The lowest BCUT2D eigenvalue weighted by atomic mass is 9.77. The van der Waals surface area contributed by atoms with Gasteiger partial charge in [0, 0.05) is 17.2 Å². The number of thiazole rings is 1. The monoisotopic (exact) mass is 308 g/mol. The molecule has 0 amide bonds. The van der Waals surface area contributed by atoms with Gasteiger partial charge in [0.25, 0.3) is 0 Å². The zero-order valence-electron chi connectivity index (χ0n) is 14.2. The van der Waals surface area contributed by atoms with Gasteiger partial charge in [0.15, 0.2) is 0 Å². The molecule has 1 aliphatic carbocycles. The van der Waals surface area contributed by atoms with Crippen molar-refractivity contribution in [3.8, 4) is 0 Å². The highest BCUT2D eigenvalue weighted by Gasteiger charge is 2.26. The minimum atomic E-state index is 0.184. The molecule has 0 saturated heterocycles. The van der Waals surface area contributed by atoms with Crippen LogP contribution in [0.4, 0.5) is 0 Å². The van der Waals surface area contributed by atoms with Crippen LogP contribution in [-0.4, -0.2) is 18.1 Å². The van der Waals surface area contributed by atoms with Crippen molar-refractivity contribution in [1.82, 2.24) is 10.3 Å². The average Bonchev–Trinajstić information content (AvgIpc) is 2.89. The summed E-state index contributed by atoms with van der Waals surface area (Å²) in [5.41, 5.74) is 1.45.